The first-order valence-electron chi connectivity index (χ1n) is 47.0. The van der Waals surface area contributed by atoms with Crippen LogP contribution in [-0.4, -0.2) is 246 Å². The minimum absolute atomic E-state index is 0. The van der Waals surface area contributed by atoms with Gasteiger partial charge < -0.3 is 106 Å². The van der Waals surface area contributed by atoms with E-state index in [1.165, 1.54) is 107 Å². The van der Waals surface area contributed by atoms with Gasteiger partial charge in [-0.1, -0.05) is 127 Å². The van der Waals surface area contributed by atoms with E-state index >= 15 is 28.8 Å². The van der Waals surface area contributed by atoms with E-state index in [2.05, 4.69) is 90.3 Å². The first-order chi connectivity index (χ1) is 65.1. The Balaban J connectivity index is 0.0000409. The molecule has 0 aliphatic carbocycles. The Kier molecular flexibility index (Phi) is 48.3. The number of nitrogens with one attached hydrogen (secondary N) is 17. The van der Waals surface area contributed by atoms with Crippen molar-refractivity contribution in [2.75, 3.05) is 6.54 Å². The summed E-state index contributed by atoms with van der Waals surface area (Å²) in [6.45, 7) is 22.5. The highest BCUT2D eigenvalue weighted by Crippen LogP contribution is 2.25. The van der Waals surface area contributed by atoms with Gasteiger partial charge in [0, 0.05) is 62.7 Å². The summed E-state index contributed by atoms with van der Waals surface area (Å²) in [5.41, 5.74) is 12.5. The van der Waals surface area contributed by atoms with Crippen LogP contribution in [0.3, 0.4) is 0 Å². The normalized spacial score (nSPS) is 21.7. The van der Waals surface area contributed by atoms with E-state index in [1.807, 2.05) is 12.2 Å². The molecule has 42 heteroatoms. The Morgan fingerprint density at radius 2 is 1.11 bits per heavy atom. The number of phenols is 1. The molecule has 1 aromatic heterocycles. The molecule has 140 heavy (non-hydrogen) atoms. The number of Topliss-reactive ketones (excluding diaryl/α,β-unsaturated/α-hetero) is 4. The number of carboxylic acid groups (broad SMARTS) is 1. The number of phenolic OH excluding ortho intramolecular Hbond substituents is 1. The number of hydrazine groups is 1. The Labute approximate surface area is 816 Å². The molecule has 5 rings (SSSR count). The van der Waals surface area contributed by atoms with Crippen LogP contribution in [0.2, 0.25) is 0 Å². The van der Waals surface area contributed by atoms with Crippen LogP contribution in [0.1, 0.15) is 231 Å². The maximum atomic E-state index is 15.6. The zero-order valence-electron chi connectivity index (χ0n) is 82.1. The van der Waals surface area contributed by atoms with Crippen molar-refractivity contribution >= 4 is 129 Å². The lowest BCUT2D eigenvalue weighted by Crippen LogP contribution is -2.65. The molecule has 24 N–H and O–H groups in total. The lowest BCUT2D eigenvalue weighted by molar-refractivity contribution is -0.141. The minimum atomic E-state index is -2.08. The van der Waals surface area contributed by atoms with Crippen molar-refractivity contribution in [3.8, 4) is 5.75 Å². The molecule has 0 fully saturated rings. The summed E-state index contributed by atoms with van der Waals surface area (Å²) in [7, 11) is 0. The fourth-order valence-corrected chi connectivity index (χ4v) is 15.3. The molecule has 2 heterocycles. The number of carboxylic acids is 1. The molecule has 42 nitrogen and oxygen atoms in total. The van der Waals surface area contributed by atoms with Crippen molar-refractivity contribution < 1.29 is 111 Å². The van der Waals surface area contributed by atoms with E-state index < -0.39 is 257 Å². The van der Waals surface area contributed by atoms with E-state index in [1.54, 1.807) is 88.5 Å². The van der Waals surface area contributed by atoms with Gasteiger partial charge in [0.1, 0.15) is 76.7 Å². The second-order valence-corrected chi connectivity index (χ2v) is 37.7. The molecule has 1 aliphatic heterocycles. The van der Waals surface area contributed by atoms with Gasteiger partial charge in [0.25, 0.3) is 0 Å². The first kappa shape index (κ1) is 119. The zero-order chi connectivity index (χ0) is 104. The van der Waals surface area contributed by atoms with E-state index in [4.69, 9.17) is 11.5 Å². The molecule has 0 radical (unpaired) electrons. The summed E-state index contributed by atoms with van der Waals surface area (Å²) in [6, 6.07) is 1.11. The number of aromatic amines is 1. The van der Waals surface area contributed by atoms with Crippen LogP contribution in [0.5, 0.6) is 5.75 Å². The van der Waals surface area contributed by atoms with Gasteiger partial charge in [0.15, 0.2) is 0 Å². The number of aromatic hydroxyl groups is 1. The molecule has 772 valence electrons. The summed E-state index contributed by atoms with van der Waals surface area (Å²) in [5.74, 6) is -21.2. The molecule has 0 saturated heterocycles. The number of aliphatic carboxylic acids is 1. The highest BCUT2D eigenvalue weighted by molar-refractivity contribution is 6.41. The second-order valence-electron chi connectivity index (χ2n) is 37.7. The predicted molar refractivity (Wildman–Crippen MR) is 520 cm³/mol. The predicted octanol–water partition coefficient (Wildman–Crippen LogP) is 1.02. The summed E-state index contributed by atoms with van der Waals surface area (Å²) in [4.78, 5) is 284. The third-order valence-corrected chi connectivity index (χ3v) is 23.8. The smallest absolute Gasteiger partial charge is 0.303 e. The second kappa shape index (κ2) is 56.7. The number of aliphatic hydroxyl groups is 1. The number of allylic oxidation sites excluding steroid dienone is 2. The van der Waals surface area contributed by atoms with Gasteiger partial charge in [-0.15, -0.1) is 0 Å². The highest BCUT2D eigenvalue weighted by atomic mass is 16.4. The van der Waals surface area contributed by atoms with Gasteiger partial charge in [-0.05, 0) is 187 Å². The number of rotatable bonds is 39. The van der Waals surface area contributed by atoms with Crippen LogP contribution >= 0.6 is 0 Å². The Morgan fingerprint density at radius 3 is 1.71 bits per heavy atom. The summed E-state index contributed by atoms with van der Waals surface area (Å²) >= 11 is 0. The van der Waals surface area contributed by atoms with Crippen LogP contribution in [0.15, 0.2) is 97.2 Å². The third kappa shape index (κ3) is 38.9. The largest absolute Gasteiger partial charge is 0.508 e. The van der Waals surface area contributed by atoms with Crippen molar-refractivity contribution in [1.29, 1.82) is 0 Å². The van der Waals surface area contributed by atoms with E-state index in [-0.39, 0.29) is 82.9 Å². The van der Waals surface area contributed by atoms with Gasteiger partial charge in [0.2, 0.25) is 112 Å². The number of fused-ring (bicyclic) bond motifs is 1. The minimum Gasteiger partial charge on any atom is -0.508 e. The number of nitrogens with two attached hydrogens (primary N) is 2. The molecular weight excluding hydrogens is 1810 g/mol. The van der Waals surface area contributed by atoms with Crippen molar-refractivity contribution in [1.82, 2.24) is 90.3 Å². The van der Waals surface area contributed by atoms with Crippen LogP contribution in [-0.2, 0) is 115 Å². The number of amides is 15. The van der Waals surface area contributed by atoms with Gasteiger partial charge >= 0.3 is 5.97 Å². The molecule has 3 unspecified atom stereocenters. The molecule has 0 spiro atoms. The first-order valence-corrected chi connectivity index (χ1v) is 47.0. The Bertz CT molecular complexity index is 5020. The zero-order valence-corrected chi connectivity index (χ0v) is 82.1. The van der Waals surface area contributed by atoms with E-state index in [9.17, 15) is 82.4 Å². The van der Waals surface area contributed by atoms with E-state index in [0.717, 1.165) is 0 Å². The van der Waals surface area contributed by atoms with Gasteiger partial charge in [0.05, 0.1) is 36.2 Å². The molecule has 4 aromatic rings. The molecule has 17 atom stereocenters. The number of ketones is 4. The monoisotopic (exact) mass is 1960 g/mol. The van der Waals surface area contributed by atoms with Crippen LogP contribution in [0.4, 0.5) is 0 Å². The fourth-order valence-electron chi connectivity index (χ4n) is 15.3. The molecular formula is C98H147N19O23. The number of benzene rings is 3. The topological polar surface area (TPSA) is 662 Å². The summed E-state index contributed by atoms with van der Waals surface area (Å²) < 4.78 is 0. The van der Waals surface area contributed by atoms with Gasteiger partial charge in [-0.25, -0.2) is 10.9 Å². The number of primary amides is 2. The van der Waals surface area contributed by atoms with Crippen molar-refractivity contribution in [3.63, 3.8) is 0 Å². The third-order valence-electron chi connectivity index (χ3n) is 23.8. The SMILES string of the molecule is C.CC(=O)N[C@@H](CC(C)C)C(=O)N[C@H](C(=O)N[C@@H](Cc1ccccc1)C(=O)N[C@]1(C)CCCCCC/C=C/CCC[C@@](C)(C(=O)NC(C)C(=O)N[C@@H](C)C(=O)C(=O)[C@H](C)NNC(C)(C)C(=O)N[C@@H](C)C(=O)N[C@H](C)C(N)=O)NC(=O)[C@H](CC(C)C)CN[C@@H](CCC(N)=O)C(=O)C(=O)C(C)NC(=O)[C@H](Cc2c[nH]c3ccccc23)NC(=O)C(Cc2ccc(O)cc2)NC(=O)[C@H](CCC(=O)O)NC1=O)[C@@H](C)O. The van der Waals surface area contributed by atoms with Crippen LogP contribution in [0.25, 0.3) is 10.9 Å². The standard InChI is InChI=1S/C97H143N19O23.CH4/c1-52(2)45-65-51-101-69(39-41-75(98)120)81(126)79(124)55(6)103-87(132)74(49-64-50-100-68-34-28-27-33-67(64)68)109-88(133)72(48-63-35-37-66(119)38-36-63)108-86(131)70(40-42-76(121)122)111-94(139)97(16,114-90(135)73(47-62-31-25-24-26-32-62)110-91(136)77(60(11)117)112-89(134)71(46-53(3)4)107-61(12)118)44-30-23-21-19-17-18-20-22-29-43-96(15,113-85(65)130)93(138)106-59(10)83(128)102-54(5)78(123)80(125)56(7)115-116-95(13,14)92(137)105-58(9)84(129)104-57(8)82(99)127;/h18,20,24-28,31-38,50,52-60,65,69-74,77,100-101,115-117,119H,17,19,21-23,29-30,39-49,51H2,1-16H3,(H2,98,120)(H2,99,127)(H,102,128)(H,103,132)(H,104,129)(H,105,137)(H,106,138)(H,107,118)(H,108,131)(H,109,133)(H,110,136)(H,111,139)(H,112,134)(H,113,130)(H,114,135)(H,121,122);1H4/b20-18+;/t54-,55?,56-,57+,58-,59?,60+,65+,69-,70-,71-,72?,73-,74-,77-,96-,97+;/m0./s1. The lowest BCUT2D eigenvalue weighted by Gasteiger charge is -2.34. The van der Waals surface area contributed by atoms with E-state index in [0.29, 0.717) is 59.7 Å². The number of hydrogen-bond donors (Lipinski definition) is 22. The Hall–Kier alpha value is -13.2. The molecule has 1 aliphatic rings. The Morgan fingerprint density at radius 1 is 0.543 bits per heavy atom. The number of para-hydroxylation sites is 1. The maximum absolute atomic E-state index is 15.6. The van der Waals surface area contributed by atoms with Crippen molar-refractivity contribution in [3.05, 3.63) is 114 Å². The van der Waals surface area contributed by atoms with Crippen LogP contribution in [0, 0.1) is 17.8 Å². The maximum Gasteiger partial charge on any atom is 0.303 e. The summed E-state index contributed by atoms with van der Waals surface area (Å²) in [6.07, 6.45) is 2.79. The fraction of sp³-hybridized carbons (Fsp3) is 0.571. The highest BCUT2D eigenvalue weighted by Gasteiger charge is 2.44. The number of carbonyl (C=O) groups excluding carboxylic acids is 19. The molecule has 3 aromatic carbocycles. The van der Waals surface area contributed by atoms with Crippen LogP contribution < -0.4 is 96.8 Å². The quantitative estimate of drug-likeness (QED) is 0.0168. The number of hydrogen-bond acceptors (Lipinski definition) is 25. The number of aromatic nitrogens is 1. The average Bonchev–Trinajstić information content (AvgIpc) is 1.79. The number of aliphatic hydroxyl groups excluding tert-OH is 1. The molecule has 0 bridgehead atoms. The average molecular weight is 1960 g/mol. The van der Waals surface area contributed by atoms with Crippen molar-refractivity contribution in [2.24, 2.45) is 29.2 Å². The number of carbonyl (C=O) groups is 20. The van der Waals surface area contributed by atoms with Crippen molar-refractivity contribution in [2.45, 2.75) is 335 Å². The lowest BCUT2D eigenvalue weighted by atomic mass is 9.89. The molecule has 0 saturated carbocycles. The summed E-state index contributed by atoms with van der Waals surface area (Å²) in [5, 5.41) is 69.1. The van der Waals surface area contributed by atoms with Gasteiger partial charge in [-0.3, -0.25) is 95.9 Å². The van der Waals surface area contributed by atoms with Gasteiger partial charge in [-0.2, -0.15) is 0 Å². The number of H-pyrrole nitrogens is 1. The molecule has 15 amide bonds.